The van der Waals surface area contributed by atoms with E-state index in [1.54, 1.807) is 0 Å². The third kappa shape index (κ3) is 5.42. The zero-order valence-corrected chi connectivity index (χ0v) is 13.5. The molecule has 0 atom stereocenters. The van der Waals surface area contributed by atoms with Crippen molar-refractivity contribution in [3.05, 3.63) is 53.6 Å². The molecule has 0 aliphatic heterocycles. The number of aryl methyl sites for hydroxylation is 1. The molecule has 0 aliphatic rings. The Bertz CT molecular complexity index is 723. The highest BCUT2D eigenvalue weighted by Crippen LogP contribution is 2.35. The van der Waals surface area contributed by atoms with Gasteiger partial charge < -0.3 is 26.0 Å². The normalized spacial score (nSPS) is 10.2. The largest absolute Gasteiger partial charge is 0.504 e. The van der Waals surface area contributed by atoms with E-state index in [0.29, 0.717) is 12.8 Å². The number of hydrogen-bond donors (Lipinski definition) is 5. The number of carbonyl (C=O) groups is 2. The molecule has 7 heteroatoms. The summed E-state index contributed by atoms with van der Waals surface area (Å²) in [5, 5.41) is 33.2. The number of phenolic OH excluding ortho intramolecular Hbond substituents is 3. The summed E-state index contributed by atoms with van der Waals surface area (Å²) in [7, 11) is 0. The summed E-state index contributed by atoms with van der Waals surface area (Å²) in [6, 6.07) is 11.8. The summed E-state index contributed by atoms with van der Waals surface area (Å²) < 4.78 is 0. The maximum Gasteiger partial charge on any atom is 0.251 e. The Hall–Kier alpha value is -3.22. The highest BCUT2D eigenvalue weighted by atomic mass is 16.3. The maximum absolute atomic E-state index is 11.9. The molecule has 2 aromatic rings. The predicted molar refractivity (Wildman–Crippen MR) is 91.5 cm³/mol. The first kappa shape index (κ1) is 18.1. The van der Waals surface area contributed by atoms with Gasteiger partial charge in [-0.1, -0.05) is 30.3 Å². The molecule has 0 spiro atoms. The van der Waals surface area contributed by atoms with Gasteiger partial charge in [-0.3, -0.25) is 9.59 Å². The number of carbonyl (C=O) groups excluding carboxylic acids is 2. The number of aromatic hydroxyl groups is 3. The Labute approximate surface area is 144 Å². The van der Waals surface area contributed by atoms with Gasteiger partial charge in [-0.25, -0.2) is 0 Å². The van der Waals surface area contributed by atoms with E-state index in [1.807, 2.05) is 30.3 Å². The van der Waals surface area contributed by atoms with Crippen LogP contribution in [-0.2, 0) is 11.2 Å². The van der Waals surface area contributed by atoms with E-state index in [4.69, 9.17) is 0 Å². The van der Waals surface area contributed by atoms with E-state index in [-0.39, 0.29) is 24.6 Å². The van der Waals surface area contributed by atoms with Crippen molar-refractivity contribution in [2.45, 2.75) is 12.8 Å². The minimum absolute atomic E-state index is 0.00297. The number of benzene rings is 2. The third-order valence-electron chi connectivity index (χ3n) is 3.55. The first-order valence-electron chi connectivity index (χ1n) is 7.81. The molecule has 0 aromatic heterocycles. The van der Waals surface area contributed by atoms with Gasteiger partial charge in [-0.15, -0.1) is 0 Å². The lowest BCUT2D eigenvalue weighted by molar-refractivity contribution is -0.121. The van der Waals surface area contributed by atoms with Crippen LogP contribution in [0.25, 0.3) is 0 Å². The first-order chi connectivity index (χ1) is 12.0. The van der Waals surface area contributed by atoms with E-state index >= 15 is 0 Å². The van der Waals surface area contributed by atoms with Gasteiger partial charge in [0.25, 0.3) is 5.91 Å². The molecule has 7 nitrogen and oxygen atoms in total. The smallest absolute Gasteiger partial charge is 0.251 e. The third-order valence-corrected chi connectivity index (χ3v) is 3.55. The second-order valence-electron chi connectivity index (χ2n) is 5.45. The van der Waals surface area contributed by atoms with Gasteiger partial charge in [-0.05, 0) is 24.1 Å². The number of amides is 2. The lowest BCUT2D eigenvalue weighted by Crippen LogP contribution is -2.34. The molecule has 25 heavy (non-hydrogen) atoms. The van der Waals surface area contributed by atoms with Crippen LogP contribution < -0.4 is 10.6 Å². The molecule has 132 valence electrons. The van der Waals surface area contributed by atoms with Crippen LogP contribution in [0, 0.1) is 0 Å². The Balaban J connectivity index is 1.70. The molecule has 0 bridgehead atoms. The summed E-state index contributed by atoms with van der Waals surface area (Å²) in [5.74, 6) is -2.50. The lowest BCUT2D eigenvalue weighted by atomic mass is 10.1. The summed E-state index contributed by atoms with van der Waals surface area (Å²) in [5.41, 5.74) is 1.08. The van der Waals surface area contributed by atoms with E-state index in [2.05, 4.69) is 10.6 Å². The van der Waals surface area contributed by atoms with Crippen molar-refractivity contribution in [2.75, 3.05) is 13.1 Å². The molecule has 0 unspecified atom stereocenters. The number of nitrogens with one attached hydrogen (secondary N) is 2. The first-order valence-corrected chi connectivity index (χ1v) is 7.81. The van der Waals surface area contributed by atoms with Crippen molar-refractivity contribution >= 4 is 11.8 Å². The zero-order valence-electron chi connectivity index (χ0n) is 13.5. The second-order valence-corrected chi connectivity index (χ2v) is 5.45. The van der Waals surface area contributed by atoms with Crippen molar-refractivity contribution in [1.29, 1.82) is 0 Å². The van der Waals surface area contributed by atoms with Crippen LogP contribution in [0.15, 0.2) is 42.5 Å². The summed E-state index contributed by atoms with van der Waals surface area (Å²) in [6.07, 6.45) is 1.00. The van der Waals surface area contributed by atoms with Crippen LogP contribution in [0.3, 0.4) is 0 Å². The Morgan fingerprint density at radius 3 is 2.12 bits per heavy atom. The standard InChI is InChI=1S/C18H20N2O5/c21-14-10-13(11-15(22)17(14)24)18(25)20-9-8-19-16(23)7-6-12-4-2-1-3-5-12/h1-5,10-11,21-22,24H,6-9H2,(H,19,23)(H,20,25). The molecular formula is C18H20N2O5. The SMILES string of the molecule is O=C(CCc1ccccc1)NCCNC(=O)c1cc(O)c(O)c(O)c1. The lowest BCUT2D eigenvalue weighted by Gasteiger charge is -2.09. The highest BCUT2D eigenvalue weighted by molar-refractivity contribution is 5.95. The van der Waals surface area contributed by atoms with Gasteiger partial charge >= 0.3 is 0 Å². The molecule has 0 radical (unpaired) electrons. The number of rotatable bonds is 7. The van der Waals surface area contributed by atoms with Crippen molar-refractivity contribution in [2.24, 2.45) is 0 Å². The fourth-order valence-electron chi connectivity index (χ4n) is 2.21. The minimum Gasteiger partial charge on any atom is -0.504 e. The molecule has 0 saturated heterocycles. The van der Waals surface area contributed by atoms with E-state index in [0.717, 1.165) is 17.7 Å². The molecule has 2 amide bonds. The van der Waals surface area contributed by atoms with Gasteiger partial charge in [0.05, 0.1) is 0 Å². The molecule has 0 heterocycles. The molecule has 2 rings (SSSR count). The fraction of sp³-hybridized carbons (Fsp3) is 0.222. The van der Waals surface area contributed by atoms with Gasteiger partial charge in [0.15, 0.2) is 17.2 Å². The van der Waals surface area contributed by atoms with Gasteiger partial charge in [0.1, 0.15) is 0 Å². The molecule has 0 aliphatic carbocycles. The number of phenols is 3. The maximum atomic E-state index is 11.9. The second kappa shape index (κ2) is 8.58. The number of hydrogen-bond acceptors (Lipinski definition) is 5. The average molecular weight is 344 g/mol. The van der Waals surface area contributed by atoms with Crippen molar-refractivity contribution in [3.63, 3.8) is 0 Å². The summed E-state index contributed by atoms with van der Waals surface area (Å²) in [6.45, 7) is 0.452. The molecule has 2 aromatic carbocycles. The van der Waals surface area contributed by atoms with Crippen LogP contribution in [-0.4, -0.2) is 40.2 Å². The van der Waals surface area contributed by atoms with Crippen LogP contribution in [0.1, 0.15) is 22.3 Å². The fourth-order valence-corrected chi connectivity index (χ4v) is 2.21. The van der Waals surface area contributed by atoms with Gasteiger partial charge in [0, 0.05) is 25.1 Å². The monoisotopic (exact) mass is 344 g/mol. The Morgan fingerprint density at radius 1 is 0.880 bits per heavy atom. The minimum atomic E-state index is -0.678. The van der Waals surface area contributed by atoms with E-state index in [9.17, 15) is 24.9 Å². The molecule has 0 saturated carbocycles. The highest BCUT2D eigenvalue weighted by Gasteiger charge is 2.13. The van der Waals surface area contributed by atoms with Crippen molar-refractivity contribution < 1.29 is 24.9 Å². The molecule has 0 fully saturated rings. The predicted octanol–water partition coefficient (Wildman–Crippen LogP) is 1.28. The molecule has 5 N–H and O–H groups in total. The van der Waals surface area contributed by atoms with E-state index < -0.39 is 23.2 Å². The van der Waals surface area contributed by atoms with Crippen molar-refractivity contribution in [1.82, 2.24) is 10.6 Å². The Morgan fingerprint density at radius 2 is 1.48 bits per heavy atom. The topological polar surface area (TPSA) is 119 Å². The van der Waals surface area contributed by atoms with Gasteiger partial charge in [0.2, 0.25) is 5.91 Å². The quantitative estimate of drug-likeness (QED) is 0.383. The average Bonchev–Trinajstić information content (AvgIpc) is 2.61. The van der Waals surface area contributed by atoms with Crippen LogP contribution in [0.2, 0.25) is 0 Å². The van der Waals surface area contributed by atoms with E-state index in [1.165, 1.54) is 0 Å². The van der Waals surface area contributed by atoms with Crippen LogP contribution in [0.4, 0.5) is 0 Å². The summed E-state index contributed by atoms with van der Waals surface area (Å²) >= 11 is 0. The molecular weight excluding hydrogens is 324 g/mol. The summed E-state index contributed by atoms with van der Waals surface area (Å²) in [4.78, 5) is 23.6. The van der Waals surface area contributed by atoms with Crippen molar-refractivity contribution in [3.8, 4) is 17.2 Å². The van der Waals surface area contributed by atoms with Crippen LogP contribution >= 0.6 is 0 Å². The van der Waals surface area contributed by atoms with Gasteiger partial charge in [-0.2, -0.15) is 0 Å². The zero-order chi connectivity index (χ0) is 18.2. The van der Waals surface area contributed by atoms with Crippen LogP contribution in [0.5, 0.6) is 17.2 Å². The Kier molecular flexibility index (Phi) is 6.22.